The Kier molecular flexibility index (Phi) is 3.41. The lowest BCUT2D eigenvalue weighted by molar-refractivity contribution is 0.639. The van der Waals surface area contributed by atoms with Gasteiger partial charge in [-0.15, -0.1) is 0 Å². The van der Waals surface area contributed by atoms with Gasteiger partial charge in [-0.3, -0.25) is 0 Å². The van der Waals surface area contributed by atoms with Crippen LogP contribution in [0.15, 0.2) is 12.5 Å². The van der Waals surface area contributed by atoms with Gasteiger partial charge in [0.2, 0.25) is 0 Å². The van der Waals surface area contributed by atoms with Gasteiger partial charge >= 0.3 is 0 Å². The highest BCUT2D eigenvalue weighted by Gasteiger charge is 2.34. The number of aryl methyl sites for hydroxylation is 3. The van der Waals surface area contributed by atoms with Gasteiger partial charge in [0.1, 0.15) is 11.6 Å². The smallest absolute Gasteiger partial charge is 0.135 e. The van der Waals surface area contributed by atoms with E-state index in [-0.39, 0.29) is 12.0 Å². The number of anilines is 1. The second kappa shape index (κ2) is 5.11. The van der Waals surface area contributed by atoms with Crippen molar-refractivity contribution in [3.05, 3.63) is 35.3 Å². The molecule has 112 valence electrons. The van der Waals surface area contributed by atoms with Crippen molar-refractivity contribution in [2.24, 2.45) is 12.8 Å². The molecule has 2 atom stereocenters. The first-order chi connectivity index (χ1) is 9.95. The highest BCUT2D eigenvalue weighted by atomic mass is 15.2. The minimum Gasteiger partial charge on any atom is -0.354 e. The van der Waals surface area contributed by atoms with Crippen LogP contribution < -0.4 is 10.6 Å². The molecule has 0 spiro atoms. The average Bonchev–Trinajstić information content (AvgIpc) is 3.00. The summed E-state index contributed by atoms with van der Waals surface area (Å²) in [5.41, 5.74) is 9.57. The highest BCUT2D eigenvalue weighted by Crippen LogP contribution is 2.30. The molecule has 1 aliphatic rings. The van der Waals surface area contributed by atoms with Gasteiger partial charge in [-0.05, 0) is 20.8 Å². The summed E-state index contributed by atoms with van der Waals surface area (Å²) in [5.74, 6) is 2.07. The Hall–Kier alpha value is -1.95. The van der Waals surface area contributed by atoms with Crippen LogP contribution in [0.2, 0.25) is 0 Å². The first kappa shape index (κ1) is 14.0. The third-order valence-corrected chi connectivity index (χ3v) is 4.24. The molecule has 1 aliphatic heterocycles. The van der Waals surface area contributed by atoms with E-state index in [9.17, 15) is 0 Å². The van der Waals surface area contributed by atoms with E-state index in [4.69, 9.17) is 5.73 Å². The molecule has 0 aliphatic carbocycles. The quantitative estimate of drug-likeness (QED) is 0.894. The van der Waals surface area contributed by atoms with Gasteiger partial charge in [-0.25, -0.2) is 15.0 Å². The van der Waals surface area contributed by atoms with Crippen LogP contribution in [0.4, 0.5) is 5.82 Å². The van der Waals surface area contributed by atoms with Crippen LogP contribution in [0.5, 0.6) is 0 Å². The molecule has 1 saturated heterocycles. The molecule has 6 nitrogen and oxygen atoms in total. The molecule has 0 saturated carbocycles. The third kappa shape index (κ3) is 2.51. The lowest BCUT2D eigenvalue weighted by Gasteiger charge is -2.20. The van der Waals surface area contributed by atoms with Crippen LogP contribution in [0, 0.1) is 20.8 Å². The Morgan fingerprint density at radius 2 is 1.95 bits per heavy atom. The van der Waals surface area contributed by atoms with Crippen molar-refractivity contribution in [3.8, 4) is 0 Å². The first-order valence-electron chi connectivity index (χ1n) is 7.26. The van der Waals surface area contributed by atoms with Crippen molar-refractivity contribution in [2.45, 2.75) is 32.7 Å². The Labute approximate surface area is 125 Å². The Bertz CT molecular complexity index is 662. The molecule has 0 amide bonds. The van der Waals surface area contributed by atoms with E-state index in [0.29, 0.717) is 0 Å². The van der Waals surface area contributed by atoms with E-state index in [1.807, 2.05) is 31.8 Å². The molecule has 0 radical (unpaired) electrons. The lowest BCUT2D eigenvalue weighted by Crippen LogP contribution is -2.29. The summed E-state index contributed by atoms with van der Waals surface area (Å²) < 4.78 is 1.97. The van der Waals surface area contributed by atoms with Crippen molar-refractivity contribution >= 4 is 5.82 Å². The molecule has 1 fully saturated rings. The van der Waals surface area contributed by atoms with Crippen molar-refractivity contribution < 1.29 is 0 Å². The topological polar surface area (TPSA) is 72.9 Å². The molecule has 6 heteroatoms. The molecule has 3 heterocycles. The summed E-state index contributed by atoms with van der Waals surface area (Å²) in [6.07, 6.45) is 3.88. The summed E-state index contributed by atoms with van der Waals surface area (Å²) in [7, 11) is 1.98. The maximum absolute atomic E-state index is 6.34. The zero-order valence-corrected chi connectivity index (χ0v) is 13.0. The van der Waals surface area contributed by atoms with Crippen LogP contribution in [0.25, 0.3) is 0 Å². The normalized spacial score (nSPS) is 22.0. The average molecular weight is 286 g/mol. The van der Waals surface area contributed by atoms with Gasteiger partial charge in [0.25, 0.3) is 0 Å². The van der Waals surface area contributed by atoms with E-state index in [1.165, 1.54) is 0 Å². The molecule has 21 heavy (non-hydrogen) atoms. The first-order valence-corrected chi connectivity index (χ1v) is 7.26. The Morgan fingerprint density at radius 1 is 1.19 bits per heavy atom. The summed E-state index contributed by atoms with van der Waals surface area (Å²) in [6, 6.07) is 0.0786. The largest absolute Gasteiger partial charge is 0.354 e. The minimum atomic E-state index is 0.0786. The van der Waals surface area contributed by atoms with Gasteiger partial charge < -0.3 is 15.2 Å². The second-order valence-electron chi connectivity index (χ2n) is 5.94. The van der Waals surface area contributed by atoms with Gasteiger partial charge in [-0.2, -0.15) is 0 Å². The fourth-order valence-corrected chi connectivity index (χ4v) is 3.00. The van der Waals surface area contributed by atoms with E-state index < -0.39 is 0 Å². The Balaban J connectivity index is 1.89. The van der Waals surface area contributed by atoms with Gasteiger partial charge in [-0.1, -0.05) is 0 Å². The van der Waals surface area contributed by atoms with Crippen molar-refractivity contribution in [2.75, 3.05) is 18.0 Å². The molecule has 2 aromatic heterocycles. The summed E-state index contributed by atoms with van der Waals surface area (Å²) in [4.78, 5) is 15.8. The molecule has 3 rings (SSSR count). The van der Waals surface area contributed by atoms with Crippen LogP contribution >= 0.6 is 0 Å². The SMILES string of the molecule is Cc1nc(C)c(C)c(N2C[C@@H](N)[C@H](c3cn(C)cn3)C2)n1. The van der Waals surface area contributed by atoms with Crippen LogP contribution in [0.3, 0.4) is 0 Å². The number of imidazole rings is 1. The molecular formula is C15H22N6. The van der Waals surface area contributed by atoms with Crippen molar-refractivity contribution in [1.29, 1.82) is 0 Å². The number of rotatable bonds is 2. The summed E-state index contributed by atoms with van der Waals surface area (Å²) in [5, 5.41) is 0. The van der Waals surface area contributed by atoms with Gasteiger partial charge in [0, 0.05) is 49.6 Å². The fourth-order valence-electron chi connectivity index (χ4n) is 3.00. The minimum absolute atomic E-state index is 0.0786. The number of hydrogen-bond donors (Lipinski definition) is 1. The maximum atomic E-state index is 6.34. The molecule has 0 aromatic carbocycles. The van der Waals surface area contributed by atoms with Crippen LogP contribution in [0.1, 0.15) is 28.7 Å². The zero-order valence-electron chi connectivity index (χ0n) is 13.0. The van der Waals surface area contributed by atoms with Crippen molar-refractivity contribution in [3.63, 3.8) is 0 Å². The van der Waals surface area contributed by atoms with E-state index >= 15 is 0 Å². The number of aromatic nitrogens is 4. The van der Waals surface area contributed by atoms with Crippen LogP contribution in [-0.4, -0.2) is 38.7 Å². The molecule has 0 bridgehead atoms. The summed E-state index contributed by atoms with van der Waals surface area (Å²) in [6.45, 7) is 7.69. The third-order valence-electron chi connectivity index (χ3n) is 4.24. The Morgan fingerprint density at radius 3 is 2.62 bits per heavy atom. The highest BCUT2D eigenvalue weighted by molar-refractivity contribution is 5.50. The predicted molar refractivity (Wildman–Crippen MR) is 82.4 cm³/mol. The van der Waals surface area contributed by atoms with E-state index in [1.54, 1.807) is 0 Å². The monoisotopic (exact) mass is 286 g/mol. The second-order valence-corrected chi connectivity index (χ2v) is 5.94. The molecule has 2 N–H and O–H groups in total. The number of nitrogens with two attached hydrogens (primary N) is 1. The van der Waals surface area contributed by atoms with E-state index in [2.05, 4.69) is 33.0 Å². The van der Waals surface area contributed by atoms with Gasteiger partial charge in [0.05, 0.1) is 12.0 Å². The van der Waals surface area contributed by atoms with E-state index in [0.717, 1.165) is 41.7 Å². The molecular weight excluding hydrogens is 264 g/mol. The molecule has 0 unspecified atom stereocenters. The molecule has 2 aromatic rings. The number of nitrogens with zero attached hydrogens (tertiary/aromatic N) is 5. The number of hydrogen-bond acceptors (Lipinski definition) is 5. The van der Waals surface area contributed by atoms with Gasteiger partial charge in [0.15, 0.2) is 0 Å². The zero-order chi connectivity index (χ0) is 15.1. The standard InChI is InChI=1S/C15H22N6/c1-9-10(2)18-11(3)19-15(9)21-5-12(13(16)6-21)14-7-20(4)8-17-14/h7-8,12-13H,5-6,16H2,1-4H3/t12-,13-/m1/s1. The maximum Gasteiger partial charge on any atom is 0.135 e. The van der Waals surface area contributed by atoms with Crippen molar-refractivity contribution in [1.82, 2.24) is 19.5 Å². The predicted octanol–water partition coefficient (Wildman–Crippen LogP) is 1.07. The lowest BCUT2D eigenvalue weighted by atomic mass is 10.0. The fraction of sp³-hybridized carbons (Fsp3) is 0.533. The summed E-state index contributed by atoms with van der Waals surface area (Å²) >= 11 is 0. The van der Waals surface area contributed by atoms with Crippen LogP contribution in [-0.2, 0) is 7.05 Å².